The van der Waals surface area contributed by atoms with Crippen molar-refractivity contribution >= 4 is 17.9 Å². The zero-order chi connectivity index (χ0) is 21.0. The lowest BCUT2D eigenvalue weighted by Crippen LogP contribution is -2.63. The Labute approximate surface area is 171 Å². The first-order valence-electron chi connectivity index (χ1n) is 10.7. The molecule has 1 saturated carbocycles. The van der Waals surface area contributed by atoms with E-state index in [-0.39, 0.29) is 36.4 Å². The molecule has 3 rings (SSSR count). The number of aliphatic hydroxyl groups excluding tert-OH is 1. The van der Waals surface area contributed by atoms with E-state index in [0.29, 0.717) is 31.2 Å². The maximum Gasteiger partial charge on any atom is 0.408 e. The van der Waals surface area contributed by atoms with Crippen LogP contribution in [0.5, 0.6) is 0 Å². The number of carbonyl (C=O) groups excluding carboxylic acids is 3. The Morgan fingerprint density at radius 3 is 2.52 bits per heavy atom. The zero-order valence-electron chi connectivity index (χ0n) is 17.3. The van der Waals surface area contributed by atoms with E-state index < -0.39 is 18.2 Å². The summed E-state index contributed by atoms with van der Waals surface area (Å²) in [6.45, 7) is 6.27. The SMILES string of the molecule is CC(C)C[C@H](NC(=O)OC1CC2(CNC2)C1)C(=O)N[C@H](CO)C[C@@H]1CCNC1=O. The molecule has 0 aromatic rings. The number of rotatable bonds is 9. The third-order valence-corrected chi connectivity index (χ3v) is 6.21. The molecule has 2 saturated heterocycles. The molecule has 1 aliphatic carbocycles. The van der Waals surface area contributed by atoms with E-state index in [1.807, 2.05) is 13.8 Å². The molecule has 1 spiro atoms. The van der Waals surface area contributed by atoms with Crippen molar-refractivity contribution in [2.45, 2.75) is 64.1 Å². The highest BCUT2D eigenvalue weighted by Crippen LogP contribution is 2.45. The molecule has 2 heterocycles. The van der Waals surface area contributed by atoms with Crippen LogP contribution >= 0.6 is 0 Å². The average Bonchev–Trinajstić information content (AvgIpc) is 2.99. The summed E-state index contributed by atoms with van der Waals surface area (Å²) in [6.07, 6.45) is 2.60. The lowest BCUT2D eigenvalue weighted by atomic mass is 9.63. The third kappa shape index (κ3) is 5.60. The summed E-state index contributed by atoms with van der Waals surface area (Å²) in [6, 6.07) is -1.27. The van der Waals surface area contributed by atoms with Gasteiger partial charge in [0, 0.05) is 31.0 Å². The fraction of sp³-hybridized carbons (Fsp3) is 0.850. The smallest absolute Gasteiger partial charge is 0.408 e. The second-order valence-corrected chi connectivity index (χ2v) is 9.27. The summed E-state index contributed by atoms with van der Waals surface area (Å²) in [4.78, 5) is 36.8. The standard InChI is InChI=1S/C20H34N4O5/c1-12(2)5-16(24-19(28)29-15-7-20(8-15)10-21-11-20)18(27)23-14(9-25)6-13-3-4-22-17(13)26/h12-16,21,25H,3-11H2,1-2H3,(H,22,26)(H,23,27)(H,24,28)/t13-,14-,16-/m0/s1. The van der Waals surface area contributed by atoms with Crippen LogP contribution in [0.15, 0.2) is 0 Å². The minimum absolute atomic E-state index is 0.0435. The van der Waals surface area contributed by atoms with Gasteiger partial charge in [-0.25, -0.2) is 4.79 Å². The Morgan fingerprint density at radius 2 is 2.00 bits per heavy atom. The fourth-order valence-electron chi connectivity index (χ4n) is 4.48. The minimum atomic E-state index is -0.742. The van der Waals surface area contributed by atoms with Gasteiger partial charge in [-0.3, -0.25) is 9.59 Å². The van der Waals surface area contributed by atoms with E-state index in [2.05, 4.69) is 21.3 Å². The van der Waals surface area contributed by atoms with Crippen molar-refractivity contribution in [2.24, 2.45) is 17.3 Å². The molecule has 3 atom stereocenters. The topological polar surface area (TPSA) is 129 Å². The molecular formula is C20H34N4O5. The van der Waals surface area contributed by atoms with Gasteiger partial charge < -0.3 is 31.1 Å². The van der Waals surface area contributed by atoms with Gasteiger partial charge in [-0.15, -0.1) is 0 Å². The van der Waals surface area contributed by atoms with E-state index in [0.717, 1.165) is 25.9 Å². The van der Waals surface area contributed by atoms with Gasteiger partial charge in [-0.05, 0) is 38.0 Å². The van der Waals surface area contributed by atoms with Crippen molar-refractivity contribution in [3.05, 3.63) is 0 Å². The summed E-state index contributed by atoms with van der Waals surface area (Å²) in [5.74, 6) is -0.424. The molecule has 3 aliphatic rings. The van der Waals surface area contributed by atoms with Crippen LogP contribution in [0.2, 0.25) is 0 Å². The van der Waals surface area contributed by atoms with E-state index in [4.69, 9.17) is 4.74 Å². The minimum Gasteiger partial charge on any atom is -0.446 e. The molecule has 9 nitrogen and oxygen atoms in total. The van der Waals surface area contributed by atoms with Crippen LogP contribution in [-0.4, -0.2) is 67.4 Å². The summed E-state index contributed by atoms with van der Waals surface area (Å²) in [5, 5.41) is 21.1. The van der Waals surface area contributed by atoms with Gasteiger partial charge >= 0.3 is 6.09 Å². The fourth-order valence-corrected chi connectivity index (χ4v) is 4.48. The van der Waals surface area contributed by atoms with Crippen molar-refractivity contribution < 1.29 is 24.2 Å². The molecule has 0 aromatic heterocycles. The van der Waals surface area contributed by atoms with Crippen LogP contribution in [-0.2, 0) is 14.3 Å². The van der Waals surface area contributed by atoms with Crippen LogP contribution in [0, 0.1) is 17.3 Å². The molecule has 0 unspecified atom stereocenters. The number of nitrogens with one attached hydrogen (secondary N) is 4. The maximum absolute atomic E-state index is 12.8. The Kier molecular flexibility index (Phi) is 7.00. The van der Waals surface area contributed by atoms with Crippen LogP contribution in [0.25, 0.3) is 0 Å². The highest BCUT2D eigenvalue weighted by molar-refractivity contribution is 5.86. The Morgan fingerprint density at radius 1 is 1.28 bits per heavy atom. The lowest BCUT2D eigenvalue weighted by molar-refractivity contribution is -0.126. The van der Waals surface area contributed by atoms with Crippen molar-refractivity contribution in [2.75, 3.05) is 26.2 Å². The zero-order valence-corrected chi connectivity index (χ0v) is 17.3. The normalized spacial score (nSPS) is 25.0. The summed E-state index contributed by atoms with van der Waals surface area (Å²) >= 11 is 0. The highest BCUT2D eigenvalue weighted by Gasteiger charge is 2.50. The second-order valence-electron chi connectivity index (χ2n) is 9.27. The first-order valence-corrected chi connectivity index (χ1v) is 10.7. The van der Waals surface area contributed by atoms with E-state index >= 15 is 0 Å². The molecule has 3 amide bonds. The number of ether oxygens (including phenoxy) is 1. The molecule has 0 aromatic carbocycles. The van der Waals surface area contributed by atoms with Gasteiger partial charge in [-0.2, -0.15) is 0 Å². The summed E-state index contributed by atoms with van der Waals surface area (Å²) in [7, 11) is 0. The molecule has 0 radical (unpaired) electrons. The molecule has 5 N–H and O–H groups in total. The quantitative estimate of drug-likeness (QED) is 0.361. The van der Waals surface area contributed by atoms with Crippen LogP contribution in [0.4, 0.5) is 4.79 Å². The van der Waals surface area contributed by atoms with Gasteiger partial charge in [-0.1, -0.05) is 13.8 Å². The molecular weight excluding hydrogens is 376 g/mol. The monoisotopic (exact) mass is 410 g/mol. The predicted octanol–water partition coefficient (Wildman–Crippen LogP) is -0.117. The number of amides is 3. The molecule has 2 aliphatic heterocycles. The van der Waals surface area contributed by atoms with E-state index in [1.165, 1.54) is 0 Å². The average molecular weight is 411 g/mol. The molecule has 0 bridgehead atoms. The number of hydrogen-bond donors (Lipinski definition) is 5. The van der Waals surface area contributed by atoms with Crippen molar-refractivity contribution in [3.63, 3.8) is 0 Å². The van der Waals surface area contributed by atoms with Crippen molar-refractivity contribution in [1.82, 2.24) is 21.3 Å². The molecule has 29 heavy (non-hydrogen) atoms. The number of hydrogen-bond acceptors (Lipinski definition) is 6. The number of aliphatic hydroxyl groups is 1. The predicted molar refractivity (Wildman–Crippen MR) is 106 cm³/mol. The Balaban J connectivity index is 1.48. The van der Waals surface area contributed by atoms with Gasteiger partial charge in [0.05, 0.1) is 12.6 Å². The van der Waals surface area contributed by atoms with Gasteiger partial charge in [0.15, 0.2) is 0 Å². The van der Waals surface area contributed by atoms with Crippen molar-refractivity contribution in [3.8, 4) is 0 Å². The van der Waals surface area contributed by atoms with Gasteiger partial charge in [0.25, 0.3) is 0 Å². The maximum atomic E-state index is 12.8. The van der Waals surface area contributed by atoms with Crippen LogP contribution in [0.3, 0.4) is 0 Å². The molecule has 3 fully saturated rings. The second kappa shape index (κ2) is 9.30. The van der Waals surface area contributed by atoms with Crippen molar-refractivity contribution in [1.29, 1.82) is 0 Å². The first kappa shape index (κ1) is 21.8. The van der Waals surface area contributed by atoms with E-state index in [9.17, 15) is 19.5 Å². The highest BCUT2D eigenvalue weighted by atomic mass is 16.6. The van der Waals surface area contributed by atoms with E-state index in [1.54, 1.807) is 0 Å². The molecule has 164 valence electrons. The summed E-state index contributed by atoms with van der Waals surface area (Å²) in [5.41, 5.74) is 0.306. The van der Waals surface area contributed by atoms with Gasteiger partial charge in [0.2, 0.25) is 11.8 Å². The third-order valence-electron chi connectivity index (χ3n) is 6.21. The number of alkyl carbamates (subject to hydrolysis) is 1. The largest absolute Gasteiger partial charge is 0.446 e. The number of carbonyl (C=O) groups is 3. The lowest BCUT2D eigenvalue weighted by Gasteiger charge is -2.53. The Hall–Kier alpha value is -1.87. The molecule has 9 heteroatoms. The van der Waals surface area contributed by atoms with Gasteiger partial charge in [0.1, 0.15) is 12.1 Å². The Bertz CT molecular complexity index is 614. The summed E-state index contributed by atoms with van der Waals surface area (Å²) < 4.78 is 5.47. The van der Waals surface area contributed by atoms with Crippen LogP contribution < -0.4 is 21.3 Å². The van der Waals surface area contributed by atoms with Crippen LogP contribution in [0.1, 0.15) is 46.0 Å². The first-order chi connectivity index (χ1) is 13.8.